The summed E-state index contributed by atoms with van der Waals surface area (Å²) in [5, 5.41) is 0. The van der Waals surface area contributed by atoms with Crippen LogP contribution in [-0.4, -0.2) is 55.1 Å². The highest BCUT2D eigenvalue weighted by Crippen LogP contribution is 2.20. The Bertz CT molecular complexity index is 809. The van der Waals surface area contributed by atoms with Gasteiger partial charge in [-0.25, -0.2) is 0 Å². The molecule has 0 spiro atoms. The molecule has 0 aromatic heterocycles. The van der Waals surface area contributed by atoms with Crippen LogP contribution in [0.1, 0.15) is 25.0 Å². The summed E-state index contributed by atoms with van der Waals surface area (Å²) < 4.78 is 11.1. The number of benzene rings is 2. The minimum Gasteiger partial charge on any atom is -0.494 e. The van der Waals surface area contributed by atoms with Gasteiger partial charge in [0.05, 0.1) is 13.2 Å². The van der Waals surface area contributed by atoms with E-state index in [4.69, 9.17) is 9.47 Å². The third-order valence-electron chi connectivity index (χ3n) is 4.95. The average molecular weight is 395 g/mol. The van der Waals surface area contributed by atoms with E-state index < -0.39 is 0 Å². The Morgan fingerprint density at radius 2 is 1.62 bits per heavy atom. The third-order valence-corrected chi connectivity index (χ3v) is 4.95. The van der Waals surface area contributed by atoms with E-state index in [0.717, 1.165) is 49.8 Å². The van der Waals surface area contributed by atoms with Gasteiger partial charge in [-0.05, 0) is 43.7 Å². The third kappa shape index (κ3) is 6.09. The van der Waals surface area contributed by atoms with E-state index in [0.29, 0.717) is 13.2 Å². The average Bonchev–Trinajstić information content (AvgIpc) is 2.75. The lowest BCUT2D eigenvalue weighted by Crippen LogP contribution is -2.47. The Kier molecular flexibility index (Phi) is 7.70. The minimum atomic E-state index is 0.0528. The maximum Gasteiger partial charge on any atom is 0.246 e. The second-order valence-corrected chi connectivity index (χ2v) is 6.98. The molecule has 1 heterocycles. The Morgan fingerprint density at radius 1 is 0.931 bits per heavy atom. The van der Waals surface area contributed by atoms with Crippen molar-refractivity contribution in [3.05, 3.63) is 65.7 Å². The molecule has 5 nitrogen and oxygen atoms in total. The molecule has 2 aromatic rings. The quantitative estimate of drug-likeness (QED) is 0.638. The number of para-hydroxylation sites is 1. The van der Waals surface area contributed by atoms with Crippen LogP contribution in [0.2, 0.25) is 0 Å². The van der Waals surface area contributed by atoms with Crippen LogP contribution in [0.15, 0.2) is 54.6 Å². The molecule has 0 radical (unpaired) electrons. The van der Waals surface area contributed by atoms with Crippen LogP contribution in [0.3, 0.4) is 0 Å². The summed E-state index contributed by atoms with van der Waals surface area (Å²) in [6.45, 7) is 9.37. The van der Waals surface area contributed by atoms with E-state index in [2.05, 4.69) is 17.0 Å². The zero-order valence-corrected chi connectivity index (χ0v) is 17.3. The van der Waals surface area contributed by atoms with Gasteiger partial charge in [0.1, 0.15) is 11.5 Å². The van der Waals surface area contributed by atoms with Crippen molar-refractivity contribution in [1.82, 2.24) is 9.80 Å². The molecule has 29 heavy (non-hydrogen) atoms. The largest absolute Gasteiger partial charge is 0.494 e. The molecule has 2 aromatic carbocycles. The highest BCUT2D eigenvalue weighted by Gasteiger charge is 2.19. The van der Waals surface area contributed by atoms with Crippen LogP contribution < -0.4 is 9.47 Å². The van der Waals surface area contributed by atoms with Gasteiger partial charge in [0.2, 0.25) is 5.91 Å². The number of hydrogen-bond acceptors (Lipinski definition) is 4. The van der Waals surface area contributed by atoms with Crippen LogP contribution in [0.25, 0.3) is 6.08 Å². The van der Waals surface area contributed by atoms with Crippen molar-refractivity contribution in [3.63, 3.8) is 0 Å². The van der Waals surface area contributed by atoms with Gasteiger partial charge in [0.25, 0.3) is 0 Å². The lowest BCUT2D eigenvalue weighted by atomic mass is 10.1. The summed E-state index contributed by atoms with van der Waals surface area (Å²) in [5.74, 6) is 1.76. The molecule has 0 atom stereocenters. The highest BCUT2D eigenvalue weighted by atomic mass is 16.5. The monoisotopic (exact) mass is 394 g/mol. The summed E-state index contributed by atoms with van der Waals surface area (Å²) in [4.78, 5) is 16.9. The number of hydrogen-bond donors (Lipinski definition) is 0. The van der Waals surface area contributed by atoms with E-state index in [1.165, 1.54) is 5.56 Å². The fourth-order valence-electron chi connectivity index (χ4n) is 3.41. The zero-order chi connectivity index (χ0) is 20.5. The molecule has 0 bridgehead atoms. The molecule has 0 aliphatic carbocycles. The fraction of sp³-hybridized carbons (Fsp3) is 0.375. The number of piperazine rings is 1. The van der Waals surface area contributed by atoms with Crippen LogP contribution >= 0.6 is 0 Å². The Labute approximate surface area is 173 Å². The minimum absolute atomic E-state index is 0.0528. The summed E-state index contributed by atoms with van der Waals surface area (Å²) in [7, 11) is 0. The molecule has 0 unspecified atom stereocenters. The predicted molar refractivity (Wildman–Crippen MR) is 116 cm³/mol. The molecule has 154 valence electrons. The smallest absolute Gasteiger partial charge is 0.246 e. The Hall–Kier alpha value is -2.79. The topological polar surface area (TPSA) is 42.0 Å². The molecule has 1 fully saturated rings. The van der Waals surface area contributed by atoms with Gasteiger partial charge in [0, 0.05) is 44.4 Å². The van der Waals surface area contributed by atoms with E-state index in [-0.39, 0.29) is 5.91 Å². The molecule has 1 amide bonds. The van der Waals surface area contributed by atoms with Crippen molar-refractivity contribution < 1.29 is 14.3 Å². The Balaban J connectivity index is 1.49. The lowest BCUT2D eigenvalue weighted by Gasteiger charge is -2.34. The molecule has 3 rings (SSSR count). The second-order valence-electron chi connectivity index (χ2n) is 6.98. The second kappa shape index (κ2) is 10.7. The van der Waals surface area contributed by atoms with E-state index in [1.54, 1.807) is 6.08 Å². The number of amides is 1. The molecule has 1 aliphatic heterocycles. The zero-order valence-electron chi connectivity index (χ0n) is 17.3. The van der Waals surface area contributed by atoms with Crippen molar-refractivity contribution in [1.29, 1.82) is 0 Å². The molecular weight excluding hydrogens is 364 g/mol. The number of rotatable bonds is 8. The van der Waals surface area contributed by atoms with Gasteiger partial charge in [-0.3, -0.25) is 9.69 Å². The fourth-order valence-corrected chi connectivity index (χ4v) is 3.41. The molecule has 1 saturated heterocycles. The number of carbonyl (C=O) groups is 1. The van der Waals surface area contributed by atoms with Gasteiger partial charge in [-0.1, -0.05) is 30.3 Å². The number of ether oxygens (including phenoxy) is 2. The van der Waals surface area contributed by atoms with Crippen LogP contribution in [0.4, 0.5) is 0 Å². The maximum atomic E-state index is 12.6. The first-order chi connectivity index (χ1) is 14.2. The first-order valence-corrected chi connectivity index (χ1v) is 10.3. The summed E-state index contributed by atoms with van der Waals surface area (Å²) in [6.07, 6.45) is 3.50. The molecule has 5 heteroatoms. The SMILES string of the molecule is CCOc1ccc(CN2CCN(C(=O)/C=C/c3ccccc3OCC)CC2)cc1. The van der Waals surface area contributed by atoms with Gasteiger partial charge in [0.15, 0.2) is 0 Å². The van der Waals surface area contributed by atoms with Crippen molar-refractivity contribution in [2.75, 3.05) is 39.4 Å². The number of carbonyl (C=O) groups excluding carboxylic acids is 1. The molecular formula is C24H30N2O3. The van der Waals surface area contributed by atoms with Gasteiger partial charge in [-0.2, -0.15) is 0 Å². The van der Waals surface area contributed by atoms with Crippen LogP contribution in [0.5, 0.6) is 11.5 Å². The summed E-state index contributed by atoms with van der Waals surface area (Å²) in [5.41, 5.74) is 2.19. The van der Waals surface area contributed by atoms with Gasteiger partial charge < -0.3 is 14.4 Å². The van der Waals surface area contributed by atoms with Crippen molar-refractivity contribution in [2.24, 2.45) is 0 Å². The van der Waals surface area contributed by atoms with Crippen molar-refractivity contribution >= 4 is 12.0 Å². The summed E-state index contributed by atoms with van der Waals surface area (Å²) >= 11 is 0. The maximum absolute atomic E-state index is 12.6. The number of nitrogens with zero attached hydrogens (tertiary/aromatic N) is 2. The molecule has 1 aliphatic rings. The first-order valence-electron chi connectivity index (χ1n) is 10.3. The van der Waals surface area contributed by atoms with Gasteiger partial charge in [-0.15, -0.1) is 0 Å². The van der Waals surface area contributed by atoms with E-state index in [1.807, 2.05) is 61.2 Å². The standard InChI is InChI=1S/C24H30N2O3/c1-3-28-22-12-9-20(10-13-22)19-25-15-17-26(18-16-25)24(27)14-11-21-7-5-6-8-23(21)29-4-2/h5-14H,3-4,15-19H2,1-2H3/b14-11+. The van der Waals surface area contributed by atoms with Crippen molar-refractivity contribution in [3.8, 4) is 11.5 Å². The van der Waals surface area contributed by atoms with Crippen molar-refractivity contribution in [2.45, 2.75) is 20.4 Å². The first kappa shape index (κ1) is 20.9. The van der Waals surface area contributed by atoms with E-state index >= 15 is 0 Å². The molecule has 0 saturated carbocycles. The van der Waals surface area contributed by atoms with E-state index in [9.17, 15) is 4.79 Å². The predicted octanol–water partition coefficient (Wildman–Crippen LogP) is 3.84. The summed E-state index contributed by atoms with van der Waals surface area (Å²) in [6, 6.07) is 16.0. The van der Waals surface area contributed by atoms with Crippen LogP contribution in [0, 0.1) is 0 Å². The van der Waals surface area contributed by atoms with Gasteiger partial charge >= 0.3 is 0 Å². The lowest BCUT2D eigenvalue weighted by molar-refractivity contribution is -0.127. The molecule has 0 N–H and O–H groups in total. The highest BCUT2D eigenvalue weighted by molar-refractivity contribution is 5.92. The normalized spacial score (nSPS) is 14.9. The van der Waals surface area contributed by atoms with Crippen LogP contribution in [-0.2, 0) is 11.3 Å². The Morgan fingerprint density at radius 3 is 2.31 bits per heavy atom.